The third-order valence-corrected chi connectivity index (χ3v) is 5.77. The minimum absolute atomic E-state index is 0.0376. The van der Waals surface area contributed by atoms with Gasteiger partial charge in [-0.25, -0.2) is 0 Å². The molecule has 0 spiro atoms. The van der Waals surface area contributed by atoms with Gasteiger partial charge in [-0.2, -0.15) is 0 Å². The highest BCUT2D eigenvalue weighted by atomic mass is 16.5. The first-order valence-corrected chi connectivity index (χ1v) is 9.78. The molecule has 1 aromatic carbocycles. The largest absolute Gasteiger partial charge is 0.376 e. The summed E-state index contributed by atoms with van der Waals surface area (Å²) in [6.45, 7) is 6.01. The molecule has 5 nitrogen and oxygen atoms in total. The summed E-state index contributed by atoms with van der Waals surface area (Å²) < 4.78 is 11.6. The zero-order valence-corrected chi connectivity index (χ0v) is 15.7. The van der Waals surface area contributed by atoms with Gasteiger partial charge in [-0.15, -0.1) is 0 Å². The standard InChI is InChI=1S/C21H28N2O3/c1-14-20-18(17-8-3-4-9-19(17)22-20)10-11-23(14)21(24)15(2)26-13-16-7-5-6-12-25-16/h3-4,8-9,14-16,22H,5-7,10-13H2,1-2H3/t14-,15-,16+/m0/s1. The molecular formula is C21H28N2O3. The van der Waals surface area contributed by atoms with Crippen LogP contribution in [0.4, 0.5) is 0 Å². The SMILES string of the molecule is C[C@H](OC[C@H]1CCCCO1)C(=O)N1CCc2c([nH]c3ccccc23)[C@@H]1C. The summed E-state index contributed by atoms with van der Waals surface area (Å²) in [6.07, 6.45) is 3.92. The number of H-pyrrole nitrogens is 1. The van der Waals surface area contributed by atoms with E-state index in [0.29, 0.717) is 6.61 Å². The van der Waals surface area contributed by atoms with Crippen LogP contribution in [0.2, 0.25) is 0 Å². The van der Waals surface area contributed by atoms with Crippen molar-refractivity contribution in [1.29, 1.82) is 0 Å². The van der Waals surface area contributed by atoms with Crippen LogP contribution in [0.25, 0.3) is 10.9 Å². The van der Waals surface area contributed by atoms with Crippen LogP contribution in [0.1, 0.15) is 50.4 Å². The molecule has 2 aromatic rings. The van der Waals surface area contributed by atoms with E-state index in [2.05, 4.69) is 30.1 Å². The number of rotatable bonds is 4. The first-order chi connectivity index (χ1) is 12.6. The summed E-state index contributed by atoms with van der Waals surface area (Å²) in [6, 6.07) is 8.41. The molecule has 0 saturated carbocycles. The van der Waals surface area contributed by atoms with Crippen LogP contribution in [0.3, 0.4) is 0 Å². The molecule has 0 aliphatic carbocycles. The monoisotopic (exact) mass is 356 g/mol. The van der Waals surface area contributed by atoms with Crippen LogP contribution >= 0.6 is 0 Å². The van der Waals surface area contributed by atoms with Gasteiger partial charge in [0, 0.05) is 29.7 Å². The Morgan fingerprint density at radius 3 is 3.04 bits per heavy atom. The molecule has 0 bridgehead atoms. The van der Waals surface area contributed by atoms with E-state index in [1.165, 1.54) is 17.4 Å². The van der Waals surface area contributed by atoms with Crippen LogP contribution in [0, 0.1) is 0 Å². The maximum absolute atomic E-state index is 13.0. The van der Waals surface area contributed by atoms with Crippen LogP contribution in [0.5, 0.6) is 0 Å². The number of hydrogen-bond acceptors (Lipinski definition) is 3. The Kier molecular flexibility index (Phi) is 5.00. The summed E-state index contributed by atoms with van der Waals surface area (Å²) in [7, 11) is 0. The molecule has 3 atom stereocenters. The van der Waals surface area contributed by atoms with Crippen LogP contribution in [-0.4, -0.2) is 47.8 Å². The number of nitrogens with zero attached hydrogens (tertiary/aromatic N) is 1. The maximum atomic E-state index is 13.0. The molecule has 1 fully saturated rings. The second-order valence-electron chi connectivity index (χ2n) is 7.48. The lowest BCUT2D eigenvalue weighted by Gasteiger charge is -2.35. The lowest BCUT2D eigenvalue weighted by Crippen LogP contribution is -2.44. The topological polar surface area (TPSA) is 54.6 Å². The van der Waals surface area contributed by atoms with E-state index in [0.717, 1.165) is 43.6 Å². The molecule has 0 radical (unpaired) electrons. The molecule has 1 aromatic heterocycles. The fourth-order valence-electron chi connectivity index (χ4n) is 4.22. The van der Waals surface area contributed by atoms with Gasteiger partial charge in [0.15, 0.2) is 0 Å². The molecule has 26 heavy (non-hydrogen) atoms. The van der Waals surface area contributed by atoms with Crippen molar-refractivity contribution in [2.75, 3.05) is 19.8 Å². The fourth-order valence-corrected chi connectivity index (χ4v) is 4.22. The van der Waals surface area contributed by atoms with Crippen molar-refractivity contribution >= 4 is 16.8 Å². The van der Waals surface area contributed by atoms with Crippen molar-refractivity contribution in [1.82, 2.24) is 9.88 Å². The second kappa shape index (κ2) is 7.41. The van der Waals surface area contributed by atoms with Gasteiger partial charge in [-0.05, 0) is 51.2 Å². The first kappa shape index (κ1) is 17.6. The average molecular weight is 356 g/mol. The van der Waals surface area contributed by atoms with E-state index in [1.807, 2.05) is 17.9 Å². The van der Waals surface area contributed by atoms with Gasteiger partial charge in [-0.1, -0.05) is 18.2 Å². The smallest absolute Gasteiger partial charge is 0.251 e. The number of amides is 1. The molecule has 5 heteroatoms. The number of fused-ring (bicyclic) bond motifs is 3. The lowest BCUT2D eigenvalue weighted by atomic mass is 9.98. The van der Waals surface area contributed by atoms with Crippen LogP contribution in [-0.2, 0) is 20.7 Å². The number of nitrogens with one attached hydrogen (secondary N) is 1. The number of para-hydroxylation sites is 1. The van der Waals surface area contributed by atoms with E-state index in [9.17, 15) is 4.79 Å². The van der Waals surface area contributed by atoms with E-state index in [1.54, 1.807) is 0 Å². The van der Waals surface area contributed by atoms with Gasteiger partial charge in [0.2, 0.25) is 0 Å². The second-order valence-corrected chi connectivity index (χ2v) is 7.48. The molecule has 2 aliphatic rings. The van der Waals surface area contributed by atoms with Crippen LogP contribution < -0.4 is 0 Å². The third-order valence-electron chi connectivity index (χ3n) is 5.77. The number of aromatic nitrogens is 1. The highest BCUT2D eigenvalue weighted by Crippen LogP contribution is 2.34. The molecule has 1 amide bonds. The minimum Gasteiger partial charge on any atom is -0.376 e. The zero-order chi connectivity index (χ0) is 18.1. The van der Waals surface area contributed by atoms with Gasteiger partial charge in [0.1, 0.15) is 6.10 Å². The molecule has 3 heterocycles. The predicted molar refractivity (Wildman–Crippen MR) is 101 cm³/mol. The number of carbonyl (C=O) groups excluding carboxylic acids is 1. The van der Waals surface area contributed by atoms with E-state index in [-0.39, 0.29) is 18.1 Å². The number of ether oxygens (including phenoxy) is 2. The Bertz CT molecular complexity index is 779. The van der Waals surface area contributed by atoms with Crippen molar-refractivity contribution < 1.29 is 14.3 Å². The first-order valence-electron chi connectivity index (χ1n) is 9.78. The van der Waals surface area contributed by atoms with Crippen molar-refractivity contribution in [3.63, 3.8) is 0 Å². The number of aromatic amines is 1. The zero-order valence-electron chi connectivity index (χ0n) is 15.7. The molecule has 140 valence electrons. The summed E-state index contributed by atoms with van der Waals surface area (Å²) in [5.74, 6) is 0.0672. The molecular weight excluding hydrogens is 328 g/mol. The van der Waals surface area contributed by atoms with E-state index >= 15 is 0 Å². The van der Waals surface area contributed by atoms with Gasteiger partial charge < -0.3 is 19.4 Å². The number of benzene rings is 1. The molecule has 2 aliphatic heterocycles. The number of carbonyl (C=O) groups is 1. The molecule has 1 N–H and O–H groups in total. The quantitative estimate of drug-likeness (QED) is 0.911. The Morgan fingerprint density at radius 1 is 1.38 bits per heavy atom. The van der Waals surface area contributed by atoms with Crippen molar-refractivity contribution in [3.8, 4) is 0 Å². The lowest BCUT2D eigenvalue weighted by molar-refractivity contribution is -0.148. The van der Waals surface area contributed by atoms with E-state index in [4.69, 9.17) is 9.47 Å². The summed E-state index contributed by atoms with van der Waals surface area (Å²) in [4.78, 5) is 18.4. The van der Waals surface area contributed by atoms with Crippen molar-refractivity contribution in [2.24, 2.45) is 0 Å². The Balaban J connectivity index is 1.43. The summed E-state index contributed by atoms with van der Waals surface area (Å²) >= 11 is 0. The minimum atomic E-state index is -0.436. The van der Waals surface area contributed by atoms with Gasteiger partial charge in [-0.3, -0.25) is 4.79 Å². The van der Waals surface area contributed by atoms with Gasteiger partial charge in [0.25, 0.3) is 5.91 Å². The summed E-state index contributed by atoms with van der Waals surface area (Å²) in [5, 5.41) is 1.28. The third kappa shape index (κ3) is 3.26. The van der Waals surface area contributed by atoms with Crippen LogP contribution in [0.15, 0.2) is 24.3 Å². The van der Waals surface area contributed by atoms with Crippen molar-refractivity contribution in [3.05, 3.63) is 35.5 Å². The summed E-state index contributed by atoms with van der Waals surface area (Å²) in [5.41, 5.74) is 3.66. The molecule has 1 saturated heterocycles. The highest BCUT2D eigenvalue weighted by Gasteiger charge is 2.33. The van der Waals surface area contributed by atoms with Gasteiger partial charge >= 0.3 is 0 Å². The van der Waals surface area contributed by atoms with Gasteiger partial charge in [0.05, 0.1) is 18.8 Å². The Hall–Kier alpha value is -1.85. The normalized spacial score (nSPS) is 24.5. The molecule has 4 rings (SSSR count). The van der Waals surface area contributed by atoms with Crippen molar-refractivity contribution in [2.45, 2.75) is 57.8 Å². The Morgan fingerprint density at radius 2 is 2.23 bits per heavy atom. The molecule has 0 unspecified atom stereocenters. The fraction of sp³-hybridized carbons (Fsp3) is 0.571. The predicted octanol–water partition coefficient (Wildman–Crippen LogP) is 3.59. The maximum Gasteiger partial charge on any atom is 0.251 e. The highest BCUT2D eigenvalue weighted by molar-refractivity contribution is 5.86. The van der Waals surface area contributed by atoms with E-state index < -0.39 is 6.10 Å². The average Bonchev–Trinajstić information content (AvgIpc) is 3.06. The number of hydrogen-bond donors (Lipinski definition) is 1. The Labute approximate surface area is 154 Å².